The van der Waals surface area contributed by atoms with Crippen LogP contribution in [0.1, 0.15) is 73.6 Å². The largest absolute Gasteiger partial charge is 0.459 e. The maximum Gasteiger partial charge on any atom is 0.348 e. The number of esters is 2. The average Bonchev–Trinajstić information content (AvgIpc) is 2.72. The molecule has 0 aliphatic carbocycles. The molecule has 0 aliphatic heterocycles. The number of carbonyl (C=O) groups is 3. The molecule has 0 spiro atoms. The van der Waals surface area contributed by atoms with Gasteiger partial charge in [-0.05, 0) is 46.1 Å². The first-order valence-electron chi connectivity index (χ1n) is 8.38. The Morgan fingerprint density at radius 3 is 1.96 bits per heavy atom. The summed E-state index contributed by atoms with van der Waals surface area (Å²) in [6.07, 6.45) is -0.266. The van der Waals surface area contributed by atoms with Gasteiger partial charge in [-0.3, -0.25) is 4.79 Å². The number of amides is 1. The summed E-state index contributed by atoms with van der Waals surface area (Å²) in [5.41, 5.74) is 0.674. The summed E-state index contributed by atoms with van der Waals surface area (Å²) in [6, 6.07) is 0. The number of hydrogen-bond acceptors (Lipinski definition) is 6. The van der Waals surface area contributed by atoms with Crippen molar-refractivity contribution in [1.29, 1.82) is 0 Å². The summed E-state index contributed by atoms with van der Waals surface area (Å²) >= 11 is 1.04. The van der Waals surface area contributed by atoms with Crippen molar-refractivity contribution in [3.8, 4) is 0 Å². The third-order valence-electron chi connectivity index (χ3n) is 3.07. The number of hydrogen-bond donors (Lipinski definition) is 1. The lowest BCUT2D eigenvalue weighted by atomic mass is 10.1. The first-order chi connectivity index (χ1) is 11.5. The molecule has 140 valence electrons. The van der Waals surface area contributed by atoms with Crippen LogP contribution in [0.4, 0.5) is 5.00 Å². The molecule has 0 aliphatic rings. The molecule has 0 bridgehead atoms. The van der Waals surface area contributed by atoms with Crippen molar-refractivity contribution in [2.24, 2.45) is 5.92 Å². The van der Waals surface area contributed by atoms with Crippen molar-refractivity contribution in [3.05, 3.63) is 16.0 Å². The van der Waals surface area contributed by atoms with Gasteiger partial charge in [0.15, 0.2) is 0 Å². The van der Waals surface area contributed by atoms with Gasteiger partial charge in [0.2, 0.25) is 5.91 Å². The van der Waals surface area contributed by atoms with Crippen molar-refractivity contribution in [2.75, 3.05) is 5.32 Å². The van der Waals surface area contributed by atoms with E-state index in [0.717, 1.165) is 11.3 Å². The highest BCUT2D eigenvalue weighted by Gasteiger charge is 2.28. The summed E-state index contributed by atoms with van der Waals surface area (Å²) < 4.78 is 10.5. The molecule has 1 N–H and O–H groups in total. The van der Waals surface area contributed by atoms with Crippen molar-refractivity contribution >= 4 is 34.2 Å². The Kier molecular flexibility index (Phi) is 7.60. The number of rotatable bonds is 7. The summed E-state index contributed by atoms with van der Waals surface area (Å²) in [6.45, 7) is 12.5. The van der Waals surface area contributed by atoms with Crippen LogP contribution in [0.2, 0.25) is 0 Å². The monoisotopic (exact) mass is 369 g/mol. The Balaban J connectivity index is 3.24. The molecule has 1 amide bonds. The molecule has 0 aromatic carbocycles. The van der Waals surface area contributed by atoms with Crippen LogP contribution in [0.25, 0.3) is 0 Å². The average molecular weight is 369 g/mol. The minimum atomic E-state index is -0.563. The predicted octanol–water partition coefficient (Wildman–Crippen LogP) is 4.17. The standard InChI is InChI=1S/C18H27NO5S/c1-9(2)8-13(20)19-16-14(17(21)23-10(3)4)12(7)15(25-16)18(22)24-11(5)6/h9-11H,8H2,1-7H3,(H,19,20). The number of anilines is 1. The van der Waals surface area contributed by atoms with Gasteiger partial charge in [0.1, 0.15) is 9.88 Å². The van der Waals surface area contributed by atoms with Gasteiger partial charge in [-0.2, -0.15) is 0 Å². The maximum absolute atomic E-state index is 12.4. The SMILES string of the molecule is Cc1c(C(=O)OC(C)C)sc(NC(=O)CC(C)C)c1C(=O)OC(C)C. The lowest BCUT2D eigenvalue weighted by Crippen LogP contribution is -2.17. The van der Waals surface area contributed by atoms with E-state index in [2.05, 4.69) is 5.32 Å². The molecule has 0 saturated heterocycles. The van der Waals surface area contributed by atoms with Gasteiger partial charge in [0.25, 0.3) is 0 Å². The first-order valence-corrected chi connectivity index (χ1v) is 9.19. The van der Waals surface area contributed by atoms with E-state index >= 15 is 0 Å². The zero-order chi connectivity index (χ0) is 19.3. The number of carbonyl (C=O) groups excluding carboxylic acids is 3. The fourth-order valence-corrected chi connectivity index (χ4v) is 3.23. The Morgan fingerprint density at radius 1 is 0.960 bits per heavy atom. The van der Waals surface area contributed by atoms with Crippen molar-refractivity contribution in [2.45, 2.75) is 67.1 Å². The minimum Gasteiger partial charge on any atom is -0.459 e. The molecular weight excluding hydrogens is 342 g/mol. The molecule has 1 heterocycles. The Morgan fingerprint density at radius 2 is 1.48 bits per heavy atom. The van der Waals surface area contributed by atoms with Crippen molar-refractivity contribution in [3.63, 3.8) is 0 Å². The third kappa shape index (κ3) is 6.16. The van der Waals surface area contributed by atoms with Crippen molar-refractivity contribution < 1.29 is 23.9 Å². The zero-order valence-electron chi connectivity index (χ0n) is 15.9. The summed E-state index contributed by atoms with van der Waals surface area (Å²) in [4.78, 5) is 37.1. The number of ether oxygens (including phenoxy) is 2. The minimum absolute atomic E-state index is 0.178. The van der Waals surface area contributed by atoms with Crippen LogP contribution in [0.15, 0.2) is 0 Å². The van der Waals surface area contributed by atoms with Crippen LogP contribution in [-0.2, 0) is 14.3 Å². The van der Waals surface area contributed by atoms with Gasteiger partial charge >= 0.3 is 11.9 Å². The molecule has 25 heavy (non-hydrogen) atoms. The van der Waals surface area contributed by atoms with E-state index in [1.807, 2.05) is 13.8 Å². The Labute approximate surface area is 152 Å². The highest BCUT2D eigenvalue weighted by Crippen LogP contribution is 2.35. The van der Waals surface area contributed by atoms with Gasteiger partial charge in [0.05, 0.1) is 17.8 Å². The molecule has 1 rings (SSSR count). The van der Waals surface area contributed by atoms with Crippen LogP contribution in [-0.4, -0.2) is 30.1 Å². The Bertz CT molecular complexity index is 646. The third-order valence-corrected chi connectivity index (χ3v) is 4.26. The van der Waals surface area contributed by atoms with Gasteiger partial charge in [-0.15, -0.1) is 11.3 Å². The second-order valence-corrected chi connectivity index (χ2v) is 7.84. The smallest absolute Gasteiger partial charge is 0.348 e. The van der Waals surface area contributed by atoms with E-state index in [-0.39, 0.29) is 29.6 Å². The van der Waals surface area contributed by atoms with Gasteiger partial charge < -0.3 is 14.8 Å². The van der Waals surface area contributed by atoms with Crippen molar-refractivity contribution in [1.82, 2.24) is 0 Å². The predicted molar refractivity (Wildman–Crippen MR) is 98.2 cm³/mol. The molecule has 0 radical (unpaired) electrons. The molecule has 0 atom stereocenters. The fourth-order valence-electron chi connectivity index (χ4n) is 2.13. The van der Waals surface area contributed by atoms with E-state index in [1.54, 1.807) is 34.6 Å². The highest BCUT2D eigenvalue weighted by molar-refractivity contribution is 7.18. The molecule has 0 unspecified atom stereocenters. The van der Waals surface area contributed by atoms with Gasteiger partial charge in [-0.25, -0.2) is 9.59 Å². The number of nitrogens with one attached hydrogen (secondary N) is 1. The molecule has 7 heteroatoms. The van der Waals surface area contributed by atoms with Gasteiger partial charge in [-0.1, -0.05) is 13.8 Å². The van der Waals surface area contributed by atoms with E-state index in [4.69, 9.17) is 9.47 Å². The van der Waals surface area contributed by atoms with Crippen LogP contribution in [0.5, 0.6) is 0 Å². The zero-order valence-corrected chi connectivity index (χ0v) is 16.7. The summed E-state index contributed by atoms with van der Waals surface area (Å²) in [5.74, 6) is -1.11. The Hall–Kier alpha value is -1.89. The molecule has 0 fully saturated rings. The fraction of sp³-hybridized carbons (Fsp3) is 0.611. The van der Waals surface area contributed by atoms with Crippen LogP contribution >= 0.6 is 11.3 Å². The van der Waals surface area contributed by atoms with Crippen LogP contribution < -0.4 is 5.32 Å². The molecule has 6 nitrogen and oxygen atoms in total. The summed E-state index contributed by atoms with van der Waals surface area (Å²) in [7, 11) is 0. The lowest BCUT2D eigenvalue weighted by molar-refractivity contribution is -0.116. The molecule has 1 aromatic heterocycles. The topological polar surface area (TPSA) is 81.7 Å². The second-order valence-electron chi connectivity index (χ2n) is 6.81. The highest BCUT2D eigenvalue weighted by atomic mass is 32.1. The van der Waals surface area contributed by atoms with E-state index < -0.39 is 11.9 Å². The molecule has 1 aromatic rings. The number of thiophene rings is 1. The first kappa shape index (κ1) is 21.2. The quantitative estimate of drug-likeness (QED) is 0.730. The molecular formula is C18H27NO5S. The van der Waals surface area contributed by atoms with E-state index in [9.17, 15) is 14.4 Å². The maximum atomic E-state index is 12.4. The normalized spacial score (nSPS) is 11.1. The molecule has 0 saturated carbocycles. The lowest BCUT2D eigenvalue weighted by Gasteiger charge is -2.11. The van der Waals surface area contributed by atoms with E-state index in [0.29, 0.717) is 21.9 Å². The van der Waals surface area contributed by atoms with Crippen LogP contribution in [0.3, 0.4) is 0 Å². The van der Waals surface area contributed by atoms with Gasteiger partial charge in [0, 0.05) is 6.42 Å². The summed E-state index contributed by atoms with van der Waals surface area (Å²) in [5, 5.41) is 3.06. The van der Waals surface area contributed by atoms with E-state index in [1.165, 1.54) is 0 Å². The van der Waals surface area contributed by atoms with Crippen LogP contribution in [0, 0.1) is 12.8 Å². The second kappa shape index (κ2) is 8.99.